The summed E-state index contributed by atoms with van der Waals surface area (Å²) in [4.78, 5) is 0. The second-order valence-corrected chi connectivity index (χ2v) is 5.03. The predicted molar refractivity (Wildman–Crippen MR) is 66.0 cm³/mol. The average molecular weight is 223 g/mol. The second-order valence-electron chi connectivity index (χ2n) is 3.42. The summed E-state index contributed by atoms with van der Waals surface area (Å²) in [6, 6.07) is 0. The van der Waals surface area contributed by atoms with E-state index in [1.807, 2.05) is 11.8 Å². The molecule has 0 aliphatic heterocycles. The summed E-state index contributed by atoms with van der Waals surface area (Å²) in [5.41, 5.74) is 0. The van der Waals surface area contributed by atoms with Gasteiger partial charge in [-0.3, -0.25) is 0 Å². The van der Waals surface area contributed by atoms with Gasteiger partial charge in [0.15, 0.2) is 0 Å². The molecule has 13 heavy (non-hydrogen) atoms. The van der Waals surface area contributed by atoms with Gasteiger partial charge >= 0.3 is 0 Å². The van der Waals surface area contributed by atoms with Gasteiger partial charge in [0.25, 0.3) is 0 Å². The Morgan fingerprint density at radius 1 is 0.846 bits per heavy atom. The molecule has 0 heterocycles. The van der Waals surface area contributed by atoms with Crippen molar-refractivity contribution in [3.8, 4) is 0 Å². The number of hydrogen-bond donors (Lipinski definition) is 0. The lowest BCUT2D eigenvalue weighted by Crippen LogP contribution is -1.85. The maximum Gasteiger partial charge on any atom is 0.0314 e. The molecule has 0 aliphatic carbocycles. The Kier molecular flexibility index (Phi) is 13.3. The van der Waals surface area contributed by atoms with Crippen LogP contribution in [0.1, 0.15) is 51.9 Å². The molecule has 0 aromatic carbocycles. The van der Waals surface area contributed by atoms with E-state index in [0.717, 1.165) is 11.6 Å². The van der Waals surface area contributed by atoms with E-state index in [1.165, 1.54) is 50.7 Å². The van der Waals surface area contributed by atoms with Crippen LogP contribution in [0.15, 0.2) is 0 Å². The maximum atomic E-state index is 5.58. The van der Waals surface area contributed by atoms with Gasteiger partial charge in [-0.2, -0.15) is 11.8 Å². The summed E-state index contributed by atoms with van der Waals surface area (Å²) < 4.78 is 0. The smallest absolute Gasteiger partial charge is 0.0314 e. The molecule has 0 radical (unpaired) electrons. The topological polar surface area (TPSA) is 0 Å². The molecule has 0 aliphatic rings. The zero-order valence-electron chi connectivity index (χ0n) is 8.86. The van der Waals surface area contributed by atoms with Crippen LogP contribution < -0.4 is 0 Å². The summed E-state index contributed by atoms with van der Waals surface area (Å²) in [5.74, 6) is 3.24. The van der Waals surface area contributed by atoms with Gasteiger partial charge in [-0.05, 0) is 12.2 Å². The van der Waals surface area contributed by atoms with Gasteiger partial charge in [-0.1, -0.05) is 45.4 Å². The van der Waals surface area contributed by atoms with Crippen molar-refractivity contribution in [2.75, 3.05) is 17.4 Å². The Morgan fingerprint density at radius 3 is 2.08 bits per heavy atom. The number of unbranched alkanes of at least 4 members (excludes halogenated alkanes) is 6. The summed E-state index contributed by atoms with van der Waals surface area (Å²) in [6.45, 7) is 2.27. The van der Waals surface area contributed by atoms with Crippen molar-refractivity contribution < 1.29 is 0 Å². The van der Waals surface area contributed by atoms with Crippen LogP contribution >= 0.6 is 23.4 Å². The number of rotatable bonds is 10. The van der Waals surface area contributed by atoms with Gasteiger partial charge in [-0.15, -0.1) is 11.6 Å². The third kappa shape index (κ3) is 12.6. The van der Waals surface area contributed by atoms with E-state index in [-0.39, 0.29) is 0 Å². The molecule has 80 valence electrons. The highest BCUT2D eigenvalue weighted by Gasteiger charge is 1.91. The van der Waals surface area contributed by atoms with Crippen molar-refractivity contribution in [2.24, 2.45) is 0 Å². The van der Waals surface area contributed by atoms with Crippen molar-refractivity contribution in [1.82, 2.24) is 0 Å². The van der Waals surface area contributed by atoms with Gasteiger partial charge in [0.2, 0.25) is 0 Å². The highest BCUT2D eigenvalue weighted by atomic mass is 35.5. The molecule has 2 heteroatoms. The SMILES string of the molecule is CCCCCCCCCSCCCl. The molecule has 0 fully saturated rings. The quantitative estimate of drug-likeness (QED) is 0.381. The first-order valence-corrected chi connectivity index (χ1v) is 7.24. The highest BCUT2D eigenvalue weighted by Crippen LogP contribution is 2.10. The van der Waals surface area contributed by atoms with E-state index >= 15 is 0 Å². The molecule has 0 N–H and O–H groups in total. The third-order valence-electron chi connectivity index (χ3n) is 2.11. The van der Waals surface area contributed by atoms with E-state index in [0.29, 0.717) is 0 Å². The van der Waals surface area contributed by atoms with E-state index in [2.05, 4.69) is 6.92 Å². The fraction of sp³-hybridized carbons (Fsp3) is 1.00. The first kappa shape index (κ1) is 13.6. The van der Waals surface area contributed by atoms with Crippen LogP contribution in [0.25, 0.3) is 0 Å². The molecule has 0 rings (SSSR count). The summed E-state index contributed by atoms with van der Waals surface area (Å²) in [5, 5.41) is 0. The fourth-order valence-corrected chi connectivity index (χ4v) is 2.37. The van der Waals surface area contributed by atoms with E-state index < -0.39 is 0 Å². The van der Waals surface area contributed by atoms with Crippen LogP contribution in [0, 0.1) is 0 Å². The van der Waals surface area contributed by atoms with Crippen molar-refractivity contribution >= 4 is 23.4 Å². The largest absolute Gasteiger partial charge is 0.161 e. The Labute approximate surface area is 92.8 Å². The minimum absolute atomic E-state index is 0.807. The summed E-state index contributed by atoms with van der Waals surface area (Å²) in [6.07, 6.45) is 9.88. The first-order valence-electron chi connectivity index (χ1n) is 5.55. The van der Waals surface area contributed by atoms with Crippen LogP contribution in [0.2, 0.25) is 0 Å². The van der Waals surface area contributed by atoms with Crippen LogP contribution in [0.3, 0.4) is 0 Å². The third-order valence-corrected chi connectivity index (χ3v) is 3.60. The van der Waals surface area contributed by atoms with Gasteiger partial charge < -0.3 is 0 Å². The van der Waals surface area contributed by atoms with E-state index in [4.69, 9.17) is 11.6 Å². The van der Waals surface area contributed by atoms with Crippen LogP contribution in [-0.2, 0) is 0 Å². The Balaban J connectivity index is 2.76. The molecular formula is C11H23ClS. The minimum Gasteiger partial charge on any atom is -0.161 e. The second kappa shape index (κ2) is 12.6. The molecule has 0 spiro atoms. The van der Waals surface area contributed by atoms with Gasteiger partial charge in [-0.25, -0.2) is 0 Å². The predicted octanol–water partition coefficient (Wildman–Crippen LogP) is 4.71. The zero-order valence-corrected chi connectivity index (χ0v) is 10.4. The number of thioether (sulfide) groups is 1. The molecular weight excluding hydrogens is 200 g/mol. The summed E-state index contributed by atoms with van der Waals surface area (Å²) in [7, 11) is 0. The zero-order chi connectivity index (χ0) is 9.78. The molecule has 0 atom stereocenters. The van der Waals surface area contributed by atoms with E-state index in [9.17, 15) is 0 Å². The molecule has 0 saturated heterocycles. The van der Waals surface area contributed by atoms with Crippen LogP contribution in [0.4, 0.5) is 0 Å². The lowest BCUT2D eigenvalue weighted by atomic mass is 10.1. The van der Waals surface area contributed by atoms with E-state index in [1.54, 1.807) is 0 Å². The highest BCUT2D eigenvalue weighted by molar-refractivity contribution is 7.99. The number of halogens is 1. The number of hydrogen-bond acceptors (Lipinski definition) is 1. The standard InChI is InChI=1S/C11H23ClS/c1-2-3-4-5-6-7-8-10-13-11-9-12/h2-11H2,1H3. The first-order chi connectivity index (χ1) is 6.41. The van der Waals surface area contributed by atoms with Gasteiger partial charge in [0.05, 0.1) is 0 Å². The lowest BCUT2D eigenvalue weighted by molar-refractivity contribution is 0.603. The summed E-state index contributed by atoms with van der Waals surface area (Å²) >= 11 is 7.57. The number of alkyl halides is 1. The van der Waals surface area contributed by atoms with Crippen molar-refractivity contribution in [3.05, 3.63) is 0 Å². The molecule has 0 aromatic heterocycles. The molecule has 0 nitrogen and oxygen atoms in total. The Hall–Kier alpha value is 0.640. The van der Waals surface area contributed by atoms with Gasteiger partial charge in [0.1, 0.15) is 0 Å². The monoisotopic (exact) mass is 222 g/mol. The van der Waals surface area contributed by atoms with Crippen molar-refractivity contribution in [1.29, 1.82) is 0 Å². The molecule has 0 unspecified atom stereocenters. The maximum absolute atomic E-state index is 5.58. The van der Waals surface area contributed by atoms with Crippen LogP contribution in [0.5, 0.6) is 0 Å². The minimum atomic E-state index is 0.807. The molecule has 0 aromatic rings. The van der Waals surface area contributed by atoms with Gasteiger partial charge in [0, 0.05) is 11.6 Å². The molecule has 0 amide bonds. The molecule has 0 bridgehead atoms. The lowest BCUT2D eigenvalue weighted by Gasteiger charge is -2.00. The Morgan fingerprint density at radius 2 is 1.46 bits per heavy atom. The Bertz CT molecular complexity index is 76.2. The van der Waals surface area contributed by atoms with Crippen molar-refractivity contribution in [2.45, 2.75) is 51.9 Å². The molecule has 0 saturated carbocycles. The van der Waals surface area contributed by atoms with Crippen LogP contribution in [-0.4, -0.2) is 17.4 Å². The van der Waals surface area contributed by atoms with Crippen molar-refractivity contribution in [3.63, 3.8) is 0 Å². The average Bonchev–Trinajstić information content (AvgIpc) is 2.16. The fourth-order valence-electron chi connectivity index (χ4n) is 1.32. The normalized spacial score (nSPS) is 10.6.